The number of nitrogens with zero attached hydrogens (tertiary/aromatic N) is 5. The van der Waals surface area contributed by atoms with Gasteiger partial charge in [0.25, 0.3) is 0 Å². The van der Waals surface area contributed by atoms with Gasteiger partial charge in [-0.3, -0.25) is 9.79 Å². The predicted octanol–water partition coefficient (Wildman–Crippen LogP) is 0.249. The molecule has 22 heavy (non-hydrogen) atoms. The fourth-order valence-electron chi connectivity index (χ4n) is 2.56. The number of aliphatic imine (C=N–C) groups is 1. The summed E-state index contributed by atoms with van der Waals surface area (Å²) in [6, 6.07) is 0. The highest BCUT2D eigenvalue weighted by atomic mass is 127. The zero-order valence-corrected chi connectivity index (χ0v) is 15.6. The highest BCUT2D eigenvalue weighted by Crippen LogP contribution is 2.24. The van der Waals surface area contributed by atoms with Crippen molar-refractivity contribution in [1.82, 2.24) is 25.0 Å². The van der Waals surface area contributed by atoms with Crippen molar-refractivity contribution in [3.05, 3.63) is 12.2 Å². The van der Waals surface area contributed by atoms with Crippen LogP contribution < -0.4 is 5.32 Å². The Morgan fingerprint density at radius 3 is 2.82 bits per heavy atom. The van der Waals surface area contributed by atoms with E-state index < -0.39 is 0 Å². The number of rotatable bonds is 3. The van der Waals surface area contributed by atoms with E-state index in [1.165, 1.54) is 7.11 Å². The molecule has 9 heteroatoms. The van der Waals surface area contributed by atoms with Gasteiger partial charge >= 0.3 is 5.97 Å². The van der Waals surface area contributed by atoms with Crippen molar-refractivity contribution in [1.29, 1.82) is 0 Å². The molecule has 0 aliphatic carbocycles. The first-order valence-corrected chi connectivity index (χ1v) is 6.93. The van der Waals surface area contributed by atoms with Crippen molar-refractivity contribution in [3.8, 4) is 0 Å². The first-order valence-electron chi connectivity index (χ1n) is 6.93. The van der Waals surface area contributed by atoms with Gasteiger partial charge in [-0.25, -0.2) is 0 Å². The molecule has 1 aromatic rings. The van der Waals surface area contributed by atoms with Gasteiger partial charge in [-0.2, -0.15) is 0 Å². The number of aromatic nitrogens is 3. The molecule has 0 aromatic carbocycles. The minimum Gasteiger partial charge on any atom is -0.469 e. The molecule has 8 nitrogen and oxygen atoms in total. The van der Waals surface area contributed by atoms with Crippen LogP contribution in [0.1, 0.15) is 12.7 Å². The van der Waals surface area contributed by atoms with Gasteiger partial charge in [-0.05, 0) is 5.92 Å². The third-order valence-corrected chi connectivity index (χ3v) is 3.84. The molecule has 0 radical (unpaired) electrons. The van der Waals surface area contributed by atoms with E-state index >= 15 is 0 Å². The van der Waals surface area contributed by atoms with Gasteiger partial charge in [-0.15, -0.1) is 34.2 Å². The van der Waals surface area contributed by atoms with Crippen LogP contribution in [0, 0.1) is 11.8 Å². The third kappa shape index (κ3) is 4.08. The van der Waals surface area contributed by atoms with Crippen LogP contribution in [0.15, 0.2) is 11.3 Å². The predicted molar refractivity (Wildman–Crippen MR) is 92.9 cm³/mol. The van der Waals surface area contributed by atoms with Gasteiger partial charge in [-0.1, -0.05) is 6.92 Å². The molecule has 1 N–H and O–H groups in total. The van der Waals surface area contributed by atoms with E-state index in [1.807, 2.05) is 11.6 Å². The average molecular weight is 422 g/mol. The van der Waals surface area contributed by atoms with Gasteiger partial charge < -0.3 is 19.5 Å². The zero-order chi connectivity index (χ0) is 15.4. The topological polar surface area (TPSA) is 84.6 Å². The lowest BCUT2D eigenvalue weighted by atomic mass is 9.99. The van der Waals surface area contributed by atoms with Crippen molar-refractivity contribution in [3.63, 3.8) is 0 Å². The molecule has 124 valence electrons. The lowest BCUT2D eigenvalue weighted by Crippen LogP contribution is -2.40. The van der Waals surface area contributed by atoms with Crippen LogP contribution in [0.5, 0.6) is 0 Å². The number of nitrogens with one attached hydrogen (secondary N) is 1. The summed E-state index contributed by atoms with van der Waals surface area (Å²) in [7, 11) is 5.05. The van der Waals surface area contributed by atoms with E-state index in [9.17, 15) is 4.79 Å². The Morgan fingerprint density at radius 2 is 2.27 bits per heavy atom. The maximum absolute atomic E-state index is 11.7. The van der Waals surface area contributed by atoms with E-state index in [0.717, 1.165) is 18.3 Å². The van der Waals surface area contributed by atoms with Crippen LogP contribution in [-0.2, 0) is 23.1 Å². The minimum atomic E-state index is -0.159. The molecule has 1 aromatic heterocycles. The van der Waals surface area contributed by atoms with Crippen molar-refractivity contribution in [2.45, 2.75) is 13.5 Å². The molecule has 2 unspecified atom stereocenters. The van der Waals surface area contributed by atoms with Gasteiger partial charge in [0.1, 0.15) is 6.33 Å². The standard InChI is InChI=1S/C13H22N6O2.HI/c1-9-6-19(7-10(9)12(20)21-4)13(14-2)15-5-11-17-16-8-18(11)3;/h8-10H,5-7H2,1-4H3,(H,14,15);1H. The van der Waals surface area contributed by atoms with E-state index in [1.54, 1.807) is 13.4 Å². The second-order valence-electron chi connectivity index (χ2n) is 5.27. The number of esters is 1. The van der Waals surface area contributed by atoms with Gasteiger partial charge in [0.15, 0.2) is 11.8 Å². The molecular formula is C13H23IN6O2. The Morgan fingerprint density at radius 1 is 1.55 bits per heavy atom. The number of aryl methyl sites for hydroxylation is 1. The number of ether oxygens (including phenoxy) is 1. The number of halogens is 1. The Hall–Kier alpha value is -1.39. The summed E-state index contributed by atoms with van der Waals surface area (Å²) in [6.07, 6.45) is 1.66. The molecule has 1 aliphatic heterocycles. The lowest BCUT2D eigenvalue weighted by molar-refractivity contribution is -0.145. The highest BCUT2D eigenvalue weighted by molar-refractivity contribution is 14.0. The summed E-state index contributed by atoms with van der Waals surface area (Å²) >= 11 is 0. The number of likely N-dealkylation sites (tertiary alicyclic amines) is 1. The molecule has 1 saturated heterocycles. The first-order chi connectivity index (χ1) is 10.1. The van der Waals surface area contributed by atoms with Crippen LogP contribution in [0.3, 0.4) is 0 Å². The van der Waals surface area contributed by atoms with Gasteiger partial charge in [0, 0.05) is 27.2 Å². The second-order valence-corrected chi connectivity index (χ2v) is 5.27. The molecule has 2 heterocycles. The zero-order valence-electron chi connectivity index (χ0n) is 13.3. The first kappa shape index (κ1) is 18.7. The lowest BCUT2D eigenvalue weighted by Gasteiger charge is -2.21. The minimum absolute atomic E-state index is 0. The highest BCUT2D eigenvalue weighted by Gasteiger charge is 2.36. The number of carbonyl (C=O) groups is 1. The second kappa shape index (κ2) is 8.30. The van der Waals surface area contributed by atoms with Crippen LogP contribution >= 0.6 is 24.0 Å². The molecule has 0 bridgehead atoms. The molecule has 0 saturated carbocycles. The quantitative estimate of drug-likeness (QED) is 0.326. The van der Waals surface area contributed by atoms with E-state index in [4.69, 9.17) is 4.74 Å². The number of hydrogen-bond acceptors (Lipinski definition) is 5. The van der Waals surface area contributed by atoms with E-state index in [0.29, 0.717) is 13.1 Å². The molecule has 0 amide bonds. The smallest absolute Gasteiger partial charge is 0.310 e. The summed E-state index contributed by atoms with van der Waals surface area (Å²) in [5, 5.41) is 11.1. The summed E-state index contributed by atoms with van der Waals surface area (Å²) in [5.41, 5.74) is 0. The number of methoxy groups -OCH3 is 1. The largest absolute Gasteiger partial charge is 0.469 e. The van der Waals surface area contributed by atoms with Crippen molar-refractivity contribution in [2.24, 2.45) is 23.9 Å². The SMILES string of the molecule is CN=C(NCc1nncn1C)N1CC(C)C(C(=O)OC)C1.I. The average Bonchev–Trinajstić information content (AvgIpc) is 3.05. The van der Waals surface area contributed by atoms with Crippen LogP contribution in [0.25, 0.3) is 0 Å². The number of guanidine groups is 1. The third-order valence-electron chi connectivity index (χ3n) is 3.84. The van der Waals surface area contributed by atoms with Crippen LogP contribution in [-0.4, -0.2) is 58.8 Å². The molecule has 0 spiro atoms. The summed E-state index contributed by atoms with van der Waals surface area (Å²) in [5.74, 6) is 1.56. The summed E-state index contributed by atoms with van der Waals surface area (Å²) in [4.78, 5) is 18.1. The van der Waals surface area contributed by atoms with Crippen molar-refractivity contribution >= 4 is 35.9 Å². The summed E-state index contributed by atoms with van der Waals surface area (Å²) in [6.45, 7) is 3.99. The van der Waals surface area contributed by atoms with Crippen LogP contribution in [0.2, 0.25) is 0 Å². The fraction of sp³-hybridized carbons (Fsp3) is 0.692. The normalized spacial score (nSPS) is 21.5. The van der Waals surface area contributed by atoms with Gasteiger partial charge in [0.05, 0.1) is 19.6 Å². The molecule has 2 atom stereocenters. The van der Waals surface area contributed by atoms with Crippen molar-refractivity contribution in [2.75, 3.05) is 27.2 Å². The Kier molecular flexibility index (Phi) is 7.04. The number of carbonyl (C=O) groups excluding carboxylic acids is 1. The van der Waals surface area contributed by atoms with E-state index in [2.05, 4.69) is 32.3 Å². The van der Waals surface area contributed by atoms with Crippen LogP contribution in [0.4, 0.5) is 0 Å². The fourth-order valence-corrected chi connectivity index (χ4v) is 2.56. The molecule has 1 fully saturated rings. The molecule has 2 rings (SSSR count). The Labute approximate surface area is 147 Å². The van der Waals surface area contributed by atoms with Gasteiger partial charge in [0.2, 0.25) is 0 Å². The summed E-state index contributed by atoms with van der Waals surface area (Å²) < 4.78 is 6.70. The monoisotopic (exact) mass is 422 g/mol. The molecular weight excluding hydrogens is 399 g/mol. The van der Waals surface area contributed by atoms with Crippen molar-refractivity contribution < 1.29 is 9.53 Å². The maximum atomic E-state index is 11.7. The maximum Gasteiger partial charge on any atom is 0.310 e. The molecule has 1 aliphatic rings. The Balaban J connectivity index is 0.00000242. The van der Waals surface area contributed by atoms with E-state index in [-0.39, 0.29) is 41.8 Å². The Bertz CT molecular complexity index is 532. The number of hydrogen-bond donors (Lipinski definition) is 1.